The Morgan fingerprint density at radius 3 is 2.33 bits per heavy atom. The van der Waals surface area contributed by atoms with Crippen molar-refractivity contribution in [2.45, 2.75) is 0 Å². The fourth-order valence-corrected chi connectivity index (χ4v) is 0.946. The van der Waals surface area contributed by atoms with Gasteiger partial charge in [0.2, 0.25) is 0 Å². The molecule has 0 fully saturated rings. The monoisotopic (exact) mass is 163 g/mol. The van der Waals surface area contributed by atoms with Gasteiger partial charge in [-0.25, -0.2) is 0 Å². The van der Waals surface area contributed by atoms with Crippen LogP contribution in [0, 0.1) is 6.08 Å². The zero-order valence-electron chi connectivity index (χ0n) is 7.26. The van der Waals surface area contributed by atoms with E-state index in [4.69, 9.17) is 9.47 Å². The third-order valence-electron chi connectivity index (χ3n) is 1.59. The van der Waals surface area contributed by atoms with Crippen LogP contribution in [0.5, 0.6) is 11.5 Å². The lowest BCUT2D eigenvalue weighted by Gasteiger charge is -2.06. The molecule has 63 valence electrons. The second-order valence-corrected chi connectivity index (χ2v) is 2.25. The van der Waals surface area contributed by atoms with E-state index in [2.05, 4.69) is 12.7 Å². The largest absolute Gasteiger partial charge is 0.493 e. The lowest BCUT2D eigenvalue weighted by molar-refractivity contribution is 0.355. The molecule has 0 aliphatic rings. The van der Waals surface area contributed by atoms with Crippen LogP contribution in [0.4, 0.5) is 0 Å². The highest BCUT2D eigenvalue weighted by Crippen LogP contribution is 2.27. The molecule has 0 saturated carbocycles. The number of ether oxygens (including phenoxy) is 2. The summed E-state index contributed by atoms with van der Waals surface area (Å²) < 4.78 is 10.1. The highest BCUT2D eigenvalue weighted by Gasteiger charge is 2.01. The Labute approximate surface area is 72.4 Å². The topological polar surface area (TPSA) is 18.5 Å². The van der Waals surface area contributed by atoms with Crippen LogP contribution < -0.4 is 9.47 Å². The first-order valence-corrected chi connectivity index (χ1v) is 3.57. The minimum Gasteiger partial charge on any atom is -0.493 e. The Morgan fingerprint density at radius 1 is 1.17 bits per heavy atom. The molecular weight excluding hydrogens is 152 g/mol. The van der Waals surface area contributed by atoms with Gasteiger partial charge in [0.15, 0.2) is 11.5 Å². The Kier molecular flexibility index (Phi) is 2.75. The van der Waals surface area contributed by atoms with E-state index in [1.54, 1.807) is 14.2 Å². The van der Waals surface area contributed by atoms with Crippen LogP contribution in [0.25, 0.3) is 0 Å². The van der Waals surface area contributed by atoms with Crippen LogP contribution in [0.3, 0.4) is 0 Å². The molecule has 0 spiro atoms. The molecule has 0 saturated heterocycles. The molecule has 0 unspecified atom stereocenters. The van der Waals surface area contributed by atoms with Crippen molar-refractivity contribution in [1.82, 2.24) is 0 Å². The summed E-state index contributed by atoms with van der Waals surface area (Å²) in [4.78, 5) is 0. The van der Waals surface area contributed by atoms with E-state index < -0.39 is 0 Å². The molecule has 1 aromatic carbocycles. The predicted octanol–water partition coefficient (Wildman–Crippen LogP) is 2.04. The highest BCUT2D eigenvalue weighted by atomic mass is 16.5. The van der Waals surface area contributed by atoms with Gasteiger partial charge in [-0.2, -0.15) is 0 Å². The van der Waals surface area contributed by atoms with Crippen LogP contribution in [0.15, 0.2) is 24.8 Å². The van der Waals surface area contributed by atoms with Gasteiger partial charge in [-0.1, -0.05) is 12.6 Å². The summed E-state index contributed by atoms with van der Waals surface area (Å²) in [6.07, 6.45) is 2.77. The number of benzene rings is 1. The third-order valence-corrected chi connectivity index (χ3v) is 1.59. The fraction of sp³-hybridized carbons (Fsp3) is 0.200. The van der Waals surface area contributed by atoms with Gasteiger partial charge >= 0.3 is 0 Å². The molecule has 0 amide bonds. The molecule has 0 aromatic heterocycles. The van der Waals surface area contributed by atoms with Gasteiger partial charge in [0.25, 0.3) is 0 Å². The molecule has 0 bridgehead atoms. The number of hydrogen-bond acceptors (Lipinski definition) is 2. The maximum atomic E-state index is 5.09. The van der Waals surface area contributed by atoms with Gasteiger partial charge in [-0.15, -0.1) is 0 Å². The lowest BCUT2D eigenvalue weighted by Crippen LogP contribution is -1.90. The van der Waals surface area contributed by atoms with E-state index in [1.165, 1.54) is 0 Å². The van der Waals surface area contributed by atoms with Crippen LogP contribution in [-0.2, 0) is 0 Å². The summed E-state index contributed by atoms with van der Waals surface area (Å²) >= 11 is 0. The van der Waals surface area contributed by atoms with E-state index in [-0.39, 0.29) is 0 Å². The fourth-order valence-electron chi connectivity index (χ4n) is 0.946. The van der Waals surface area contributed by atoms with Crippen molar-refractivity contribution in [3.63, 3.8) is 0 Å². The first kappa shape index (κ1) is 8.65. The normalized spacial score (nSPS) is 9.17. The van der Waals surface area contributed by atoms with Crippen LogP contribution >= 0.6 is 0 Å². The molecule has 0 atom stereocenters. The number of methoxy groups -OCH3 is 2. The standard InChI is InChI=1S/C10H11O2/c1-4-8-5-6-9(11-2)10(7-8)12-3/h5-7H,1H2,2-3H3. The Hall–Kier alpha value is -1.44. The van der Waals surface area contributed by atoms with Crippen molar-refractivity contribution in [3.8, 4) is 11.5 Å². The summed E-state index contributed by atoms with van der Waals surface area (Å²) in [5, 5.41) is 0. The zero-order chi connectivity index (χ0) is 8.97. The van der Waals surface area contributed by atoms with E-state index in [0.717, 1.165) is 11.3 Å². The SMILES string of the molecule is C=[C]c1ccc(OC)c(OC)c1. The van der Waals surface area contributed by atoms with Crippen molar-refractivity contribution in [1.29, 1.82) is 0 Å². The average molecular weight is 163 g/mol. The van der Waals surface area contributed by atoms with Crippen molar-refractivity contribution >= 4 is 0 Å². The molecule has 0 N–H and O–H groups in total. The van der Waals surface area contributed by atoms with Crippen LogP contribution in [0.2, 0.25) is 0 Å². The van der Waals surface area contributed by atoms with Gasteiger partial charge in [-0.3, -0.25) is 0 Å². The minimum absolute atomic E-state index is 0.700. The van der Waals surface area contributed by atoms with Crippen molar-refractivity contribution in [2.24, 2.45) is 0 Å². The summed E-state index contributed by atoms with van der Waals surface area (Å²) in [5.41, 5.74) is 0.896. The van der Waals surface area contributed by atoms with Gasteiger partial charge in [0.1, 0.15) is 0 Å². The molecule has 12 heavy (non-hydrogen) atoms. The number of rotatable bonds is 3. The summed E-state index contributed by atoms with van der Waals surface area (Å²) in [6.45, 7) is 3.54. The molecule has 1 radical (unpaired) electrons. The molecule has 0 aliphatic heterocycles. The second kappa shape index (κ2) is 3.81. The van der Waals surface area contributed by atoms with Gasteiger partial charge in [0.05, 0.1) is 14.2 Å². The van der Waals surface area contributed by atoms with Gasteiger partial charge < -0.3 is 9.47 Å². The van der Waals surface area contributed by atoms with Crippen LogP contribution in [-0.4, -0.2) is 14.2 Å². The van der Waals surface area contributed by atoms with E-state index in [1.807, 2.05) is 18.2 Å². The molecule has 0 heterocycles. The zero-order valence-corrected chi connectivity index (χ0v) is 7.26. The smallest absolute Gasteiger partial charge is 0.161 e. The minimum atomic E-state index is 0.700. The average Bonchev–Trinajstić information content (AvgIpc) is 2.16. The summed E-state index contributed by atoms with van der Waals surface area (Å²) in [6, 6.07) is 5.52. The van der Waals surface area contributed by atoms with Gasteiger partial charge in [-0.05, 0) is 23.8 Å². The van der Waals surface area contributed by atoms with E-state index in [0.29, 0.717) is 5.75 Å². The Balaban J connectivity index is 3.10. The molecule has 0 aliphatic carbocycles. The first-order valence-electron chi connectivity index (χ1n) is 3.57. The van der Waals surface area contributed by atoms with E-state index in [9.17, 15) is 0 Å². The Morgan fingerprint density at radius 2 is 1.83 bits per heavy atom. The number of hydrogen-bond donors (Lipinski definition) is 0. The third kappa shape index (κ3) is 1.59. The van der Waals surface area contributed by atoms with Crippen LogP contribution in [0.1, 0.15) is 5.56 Å². The summed E-state index contributed by atoms with van der Waals surface area (Å²) in [7, 11) is 3.21. The van der Waals surface area contributed by atoms with Crippen molar-refractivity contribution in [3.05, 3.63) is 36.4 Å². The van der Waals surface area contributed by atoms with Crippen molar-refractivity contribution in [2.75, 3.05) is 14.2 Å². The molecule has 1 rings (SSSR count). The summed E-state index contributed by atoms with van der Waals surface area (Å²) in [5.74, 6) is 1.42. The maximum Gasteiger partial charge on any atom is 0.161 e. The van der Waals surface area contributed by atoms with Gasteiger partial charge in [0, 0.05) is 0 Å². The molecule has 2 nitrogen and oxygen atoms in total. The van der Waals surface area contributed by atoms with E-state index >= 15 is 0 Å². The Bertz CT molecular complexity index is 279. The highest BCUT2D eigenvalue weighted by molar-refractivity contribution is 5.44. The maximum absolute atomic E-state index is 5.09. The van der Waals surface area contributed by atoms with Crippen molar-refractivity contribution < 1.29 is 9.47 Å². The molecule has 2 heteroatoms. The predicted molar refractivity (Wildman–Crippen MR) is 47.5 cm³/mol. The first-order chi connectivity index (χ1) is 5.81. The second-order valence-electron chi connectivity index (χ2n) is 2.25. The molecular formula is C10H11O2. The molecule has 1 aromatic rings. The quantitative estimate of drug-likeness (QED) is 0.678. The lowest BCUT2D eigenvalue weighted by atomic mass is 10.2.